The lowest BCUT2D eigenvalue weighted by atomic mass is 10.2. The van der Waals surface area contributed by atoms with E-state index in [1.807, 2.05) is 6.07 Å². The molecule has 20 heavy (non-hydrogen) atoms. The third-order valence-electron chi connectivity index (χ3n) is 3.13. The highest BCUT2D eigenvalue weighted by Crippen LogP contribution is 2.25. The quantitative estimate of drug-likeness (QED) is 0.425. The number of benzene rings is 1. The Bertz CT molecular complexity index is 440. The van der Waals surface area contributed by atoms with Crippen molar-refractivity contribution >= 4 is 21.6 Å². The van der Waals surface area contributed by atoms with Crippen molar-refractivity contribution < 1.29 is 4.92 Å². The van der Waals surface area contributed by atoms with Gasteiger partial charge in [0.15, 0.2) is 0 Å². The zero-order valence-corrected chi connectivity index (χ0v) is 13.6. The highest BCUT2D eigenvalue weighted by molar-refractivity contribution is 9.10. The molecular weight excluding hydrogens is 322 g/mol. The van der Waals surface area contributed by atoms with Crippen LogP contribution in [0.2, 0.25) is 0 Å². The second kappa shape index (κ2) is 9.05. The summed E-state index contributed by atoms with van der Waals surface area (Å²) in [7, 11) is 0. The average molecular weight is 344 g/mol. The van der Waals surface area contributed by atoms with Gasteiger partial charge >= 0.3 is 0 Å². The van der Waals surface area contributed by atoms with Crippen LogP contribution >= 0.6 is 15.9 Å². The number of rotatable bonds is 9. The third kappa shape index (κ3) is 5.56. The van der Waals surface area contributed by atoms with Crippen molar-refractivity contribution in [3.8, 4) is 0 Å². The monoisotopic (exact) mass is 343 g/mol. The highest BCUT2D eigenvalue weighted by atomic mass is 79.9. The number of nitro groups is 1. The Balaban J connectivity index is 2.42. The smallest absolute Gasteiger partial charge is 0.283 e. The summed E-state index contributed by atoms with van der Waals surface area (Å²) in [5.74, 6) is 0. The van der Waals surface area contributed by atoms with E-state index in [4.69, 9.17) is 0 Å². The van der Waals surface area contributed by atoms with Crippen molar-refractivity contribution in [2.24, 2.45) is 0 Å². The van der Waals surface area contributed by atoms with Crippen LogP contribution in [0.1, 0.15) is 25.8 Å². The number of nitrogens with one attached hydrogen (secondary N) is 1. The molecule has 5 nitrogen and oxygen atoms in total. The van der Waals surface area contributed by atoms with Gasteiger partial charge in [-0.3, -0.25) is 10.1 Å². The van der Waals surface area contributed by atoms with Crippen molar-refractivity contribution in [2.75, 3.05) is 26.2 Å². The maximum Gasteiger partial charge on any atom is 0.283 e. The van der Waals surface area contributed by atoms with Crippen LogP contribution in [0.3, 0.4) is 0 Å². The lowest BCUT2D eigenvalue weighted by Crippen LogP contribution is -2.32. The number of nitro benzene ring substituents is 1. The first kappa shape index (κ1) is 17.1. The molecule has 0 radical (unpaired) electrons. The van der Waals surface area contributed by atoms with E-state index in [1.54, 1.807) is 12.1 Å². The van der Waals surface area contributed by atoms with Gasteiger partial charge in [0.1, 0.15) is 0 Å². The summed E-state index contributed by atoms with van der Waals surface area (Å²) in [6, 6.07) is 5.24. The van der Waals surface area contributed by atoms with Crippen LogP contribution in [-0.4, -0.2) is 36.0 Å². The van der Waals surface area contributed by atoms with Crippen LogP contribution in [0, 0.1) is 10.1 Å². The fraction of sp³-hybridized carbons (Fsp3) is 0.571. The zero-order valence-electron chi connectivity index (χ0n) is 12.1. The SMILES string of the molecule is CCCN(CC)CCNCc1ccc(Br)c([N+](=O)[O-])c1. The van der Waals surface area contributed by atoms with Crippen LogP contribution < -0.4 is 5.32 Å². The van der Waals surface area contributed by atoms with Gasteiger partial charge in [0.2, 0.25) is 0 Å². The van der Waals surface area contributed by atoms with Gasteiger partial charge in [-0.2, -0.15) is 0 Å². The van der Waals surface area contributed by atoms with Crippen LogP contribution in [0.25, 0.3) is 0 Å². The summed E-state index contributed by atoms with van der Waals surface area (Å²) >= 11 is 3.19. The molecule has 0 bridgehead atoms. The summed E-state index contributed by atoms with van der Waals surface area (Å²) in [4.78, 5) is 12.9. The Morgan fingerprint density at radius 2 is 2.10 bits per heavy atom. The lowest BCUT2D eigenvalue weighted by molar-refractivity contribution is -0.385. The normalized spacial score (nSPS) is 11.0. The molecule has 0 aliphatic heterocycles. The number of halogens is 1. The topological polar surface area (TPSA) is 58.4 Å². The van der Waals surface area contributed by atoms with Crippen molar-refractivity contribution in [1.82, 2.24) is 10.2 Å². The summed E-state index contributed by atoms with van der Waals surface area (Å²) < 4.78 is 0.520. The van der Waals surface area contributed by atoms with Gasteiger partial charge in [-0.1, -0.05) is 19.9 Å². The van der Waals surface area contributed by atoms with Crippen LogP contribution in [0.15, 0.2) is 22.7 Å². The number of hydrogen-bond acceptors (Lipinski definition) is 4. The number of likely N-dealkylation sites (N-methyl/N-ethyl adjacent to an activating group) is 1. The molecule has 0 aliphatic rings. The minimum absolute atomic E-state index is 0.116. The lowest BCUT2D eigenvalue weighted by Gasteiger charge is -2.19. The zero-order chi connectivity index (χ0) is 15.0. The average Bonchev–Trinajstić information content (AvgIpc) is 2.43. The van der Waals surface area contributed by atoms with Crippen LogP contribution in [0.4, 0.5) is 5.69 Å². The summed E-state index contributed by atoms with van der Waals surface area (Å²) in [6.07, 6.45) is 1.16. The number of nitrogens with zero attached hydrogens (tertiary/aromatic N) is 2. The van der Waals surface area contributed by atoms with Crippen LogP contribution in [-0.2, 0) is 6.54 Å². The van der Waals surface area contributed by atoms with Crippen molar-refractivity contribution in [1.29, 1.82) is 0 Å². The van der Waals surface area contributed by atoms with Crippen LogP contribution in [0.5, 0.6) is 0 Å². The molecule has 1 N–H and O–H groups in total. The molecule has 112 valence electrons. The van der Waals surface area contributed by atoms with Crippen molar-refractivity contribution in [2.45, 2.75) is 26.8 Å². The largest absolute Gasteiger partial charge is 0.311 e. The van der Waals surface area contributed by atoms with Gasteiger partial charge in [0.05, 0.1) is 9.40 Å². The second-order valence-corrected chi connectivity index (χ2v) is 5.51. The minimum Gasteiger partial charge on any atom is -0.311 e. The third-order valence-corrected chi connectivity index (χ3v) is 3.80. The molecule has 1 rings (SSSR count). The molecule has 1 aromatic rings. The van der Waals surface area contributed by atoms with Crippen molar-refractivity contribution in [3.63, 3.8) is 0 Å². The van der Waals surface area contributed by atoms with Gasteiger partial charge in [-0.05, 0) is 47.1 Å². The maximum absolute atomic E-state index is 10.9. The fourth-order valence-corrected chi connectivity index (χ4v) is 2.41. The predicted molar refractivity (Wildman–Crippen MR) is 84.9 cm³/mol. The molecule has 0 unspecified atom stereocenters. The highest BCUT2D eigenvalue weighted by Gasteiger charge is 2.11. The van der Waals surface area contributed by atoms with Crippen molar-refractivity contribution in [3.05, 3.63) is 38.3 Å². The molecule has 0 atom stereocenters. The molecule has 0 saturated carbocycles. The first-order valence-corrected chi connectivity index (χ1v) is 7.73. The van der Waals surface area contributed by atoms with E-state index in [-0.39, 0.29) is 10.6 Å². The van der Waals surface area contributed by atoms with E-state index in [0.717, 1.165) is 38.2 Å². The van der Waals surface area contributed by atoms with E-state index in [0.29, 0.717) is 11.0 Å². The number of hydrogen-bond donors (Lipinski definition) is 1. The van der Waals surface area contributed by atoms with E-state index in [2.05, 4.69) is 40.0 Å². The Morgan fingerprint density at radius 1 is 1.35 bits per heavy atom. The van der Waals surface area contributed by atoms with Gasteiger partial charge in [0.25, 0.3) is 5.69 Å². The van der Waals surface area contributed by atoms with E-state index in [9.17, 15) is 10.1 Å². The Hall–Kier alpha value is -0.980. The summed E-state index contributed by atoms with van der Waals surface area (Å²) in [5, 5.41) is 14.2. The maximum atomic E-state index is 10.9. The van der Waals surface area contributed by atoms with E-state index in [1.165, 1.54) is 0 Å². The van der Waals surface area contributed by atoms with Gasteiger partial charge < -0.3 is 10.2 Å². The summed E-state index contributed by atoms with van der Waals surface area (Å²) in [6.45, 7) is 9.05. The Kier molecular flexibility index (Phi) is 7.72. The first-order chi connectivity index (χ1) is 9.58. The Morgan fingerprint density at radius 3 is 2.70 bits per heavy atom. The second-order valence-electron chi connectivity index (χ2n) is 4.65. The fourth-order valence-electron chi connectivity index (χ4n) is 2.02. The molecule has 0 amide bonds. The van der Waals surface area contributed by atoms with Gasteiger partial charge in [0, 0.05) is 25.7 Å². The van der Waals surface area contributed by atoms with E-state index >= 15 is 0 Å². The van der Waals surface area contributed by atoms with Gasteiger partial charge in [-0.15, -0.1) is 0 Å². The molecule has 0 aromatic heterocycles. The predicted octanol–water partition coefficient (Wildman–Crippen LogP) is 3.18. The molecule has 1 aromatic carbocycles. The minimum atomic E-state index is -0.367. The molecule has 0 heterocycles. The molecule has 0 saturated heterocycles. The first-order valence-electron chi connectivity index (χ1n) is 6.94. The summed E-state index contributed by atoms with van der Waals surface area (Å²) in [5.41, 5.74) is 1.05. The van der Waals surface area contributed by atoms with Gasteiger partial charge in [-0.25, -0.2) is 0 Å². The molecule has 0 fully saturated rings. The van der Waals surface area contributed by atoms with E-state index < -0.39 is 0 Å². The molecule has 0 spiro atoms. The standard InChI is InChI=1S/C14H22BrN3O2/c1-3-8-17(4-2)9-7-16-11-12-5-6-13(15)14(10-12)18(19)20/h5-6,10,16H,3-4,7-9,11H2,1-2H3. The Labute approximate surface area is 128 Å². The molecule has 6 heteroatoms. The molecule has 0 aliphatic carbocycles. The molecular formula is C14H22BrN3O2.